The van der Waals surface area contributed by atoms with Gasteiger partial charge in [-0.25, -0.2) is 4.79 Å². The number of ether oxygens (including phenoxy) is 1. The van der Waals surface area contributed by atoms with Crippen molar-refractivity contribution in [1.29, 1.82) is 0 Å². The molecular formula is C17H27N3O4. The van der Waals surface area contributed by atoms with Crippen molar-refractivity contribution >= 4 is 11.9 Å². The maximum absolute atomic E-state index is 12.7. The van der Waals surface area contributed by atoms with Crippen LogP contribution in [-0.2, 0) is 16.6 Å². The Morgan fingerprint density at radius 2 is 2.12 bits per heavy atom. The lowest BCUT2D eigenvalue weighted by atomic mass is 9.54. The van der Waals surface area contributed by atoms with E-state index in [1.54, 1.807) is 13.1 Å². The van der Waals surface area contributed by atoms with E-state index in [1.165, 1.54) is 4.68 Å². The molecule has 2 unspecified atom stereocenters. The van der Waals surface area contributed by atoms with Crippen LogP contribution >= 0.6 is 0 Å². The summed E-state index contributed by atoms with van der Waals surface area (Å²) < 4.78 is 7.10. The van der Waals surface area contributed by atoms with Gasteiger partial charge < -0.3 is 15.2 Å². The predicted octanol–water partition coefficient (Wildman–Crippen LogP) is 1.93. The Hall–Kier alpha value is -1.89. The summed E-state index contributed by atoms with van der Waals surface area (Å²) in [6.45, 7) is 9.99. The van der Waals surface area contributed by atoms with Crippen LogP contribution in [0.3, 0.4) is 0 Å². The average molecular weight is 337 g/mol. The van der Waals surface area contributed by atoms with E-state index in [0.717, 1.165) is 5.69 Å². The number of aliphatic carboxylic acids is 1. The summed E-state index contributed by atoms with van der Waals surface area (Å²) in [7, 11) is 1.68. The molecule has 0 saturated heterocycles. The second-order valence-corrected chi connectivity index (χ2v) is 7.27. The number of aryl methyl sites for hydroxylation is 1. The van der Waals surface area contributed by atoms with E-state index in [1.807, 2.05) is 34.6 Å². The molecule has 7 heteroatoms. The number of hydrogen-bond acceptors (Lipinski definition) is 4. The first-order valence-electron chi connectivity index (χ1n) is 8.28. The Balaban J connectivity index is 2.27. The standard InChI is InChI=1S/C17H27N3O4/c1-7-24-13-9-17(15(22)23,16(13,4)5)18-14(21)12-8-11(10(2)3)19-20(12)6/h8,10,13H,7,9H2,1-6H3,(H,18,21)(H,22,23). The molecule has 0 bridgehead atoms. The highest BCUT2D eigenvalue weighted by Crippen LogP contribution is 2.51. The van der Waals surface area contributed by atoms with Gasteiger partial charge in [0.05, 0.1) is 11.8 Å². The number of carboxylic acid groups (broad SMARTS) is 1. The molecule has 1 amide bonds. The van der Waals surface area contributed by atoms with Gasteiger partial charge in [-0.2, -0.15) is 5.10 Å². The van der Waals surface area contributed by atoms with Crippen molar-refractivity contribution in [3.05, 3.63) is 17.5 Å². The highest BCUT2D eigenvalue weighted by Gasteiger charge is 2.66. The van der Waals surface area contributed by atoms with Gasteiger partial charge in [-0.15, -0.1) is 0 Å². The molecule has 1 aromatic rings. The fourth-order valence-corrected chi connectivity index (χ4v) is 3.28. The first kappa shape index (κ1) is 18.4. The first-order chi connectivity index (χ1) is 11.1. The zero-order chi connectivity index (χ0) is 18.3. The van der Waals surface area contributed by atoms with Gasteiger partial charge in [0.1, 0.15) is 11.2 Å². The molecule has 1 aromatic heterocycles. The summed E-state index contributed by atoms with van der Waals surface area (Å²) in [5.74, 6) is -1.28. The van der Waals surface area contributed by atoms with Crippen LogP contribution in [0.2, 0.25) is 0 Å². The number of carbonyl (C=O) groups excluding carboxylic acids is 1. The van der Waals surface area contributed by atoms with Crippen LogP contribution in [-0.4, -0.2) is 45.0 Å². The smallest absolute Gasteiger partial charge is 0.330 e. The molecule has 1 saturated carbocycles. The first-order valence-corrected chi connectivity index (χ1v) is 8.28. The lowest BCUT2D eigenvalue weighted by Gasteiger charge is -2.58. The number of nitrogens with one attached hydrogen (secondary N) is 1. The monoisotopic (exact) mass is 337 g/mol. The summed E-state index contributed by atoms with van der Waals surface area (Å²) in [6, 6.07) is 1.71. The van der Waals surface area contributed by atoms with Crippen molar-refractivity contribution < 1.29 is 19.4 Å². The Kier molecular flexibility index (Phi) is 4.77. The molecule has 134 valence electrons. The third-order valence-electron chi connectivity index (χ3n) is 5.18. The van der Waals surface area contributed by atoms with Crippen LogP contribution in [0.4, 0.5) is 0 Å². The van der Waals surface area contributed by atoms with Crippen molar-refractivity contribution in [3.8, 4) is 0 Å². The number of nitrogens with zero attached hydrogens (tertiary/aromatic N) is 2. The Morgan fingerprint density at radius 3 is 2.54 bits per heavy atom. The minimum Gasteiger partial charge on any atom is -0.479 e. The number of hydrogen-bond donors (Lipinski definition) is 2. The normalized spacial score (nSPS) is 25.4. The van der Waals surface area contributed by atoms with Crippen LogP contribution in [0.25, 0.3) is 0 Å². The molecule has 1 aliphatic carbocycles. The molecule has 2 N–H and O–H groups in total. The lowest BCUT2D eigenvalue weighted by Crippen LogP contribution is -2.76. The van der Waals surface area contributed by atoms with Crippen LogP contribution < -0.4 is 5.32 Å². The molecule has 2 atom stereocenters. The van der Waals surface area contributed by atoms with E-state index in [-0.39, 0.29) is 18.4 Å². The Morgan fingerprint density at radius 1 is 1.50 bits per heavy atom. The van der Waals surface area contributed by atoms with Gasteiger partial charge in [0.15, 0.2) is 0 Å². The largest absolute Gasteiger partial charge is 0.479 e. The van der Waals surface area contributed by atoms with Crippen LogP contribution in [0.1, 0.15) is 63.1 Å². The highest BCUT2D eigenvalue weighted by molar-refractivity contribution is 5.97. The zero-order valence-electron chi connectivity index (χ0n) is 15.2. The van der Waals surface area contributed by atoms with Crippen molar-refractivity contribution in [2.75, 3.05) is 6.61 Å². The van der Waals surface area contributed by atoms with Crippen molar-refractivity contribution in [3.63, 3.8) is 0 Å². The quantitative estimate of drug-likeness (QED) is 0.827. The molecule has 24 heavy (non-hydrogen) atoms. The maximum atomic E-state index is 12.7. The van der Waals surface area contributed by atoms with E-state index < -0.39 is 22.8 Å². The third-order valence-corrected chi connectivity index (χ3v) is 5.18. The fraction of sp³-hybridized carbons (Fsp3) is 0.706. The fourth-order valence-electron chi connectivity index (χ4n) is 3.28. The third kappa shape index (κ3) is 2.70. The number of carbonyl (C=O) groups is 2. The van der Waals surface area contributed by atoms with Crippen molar-refractivity contribution in [1.82, 2.24) is 15.1 Å². The summed E-state index contributed by atoms with van der Waals surface area (Å²) in [6.07, 6.45) is 0.0562. The molecule has 0 aromatic carbocycles. The van der Waals surface area contributed by atoms with Crippen molar-refractivity contribution in [2.45, 2.75) is 58.6 Å². The summed E-state index contributed by atoms with van der Waals surface area (Å²) in [5, 5.41) is 16.8. The van der Waals surface area contributed by atoms with Crippen molar-refractivity contribution in [2.24, 2.45) is 12.5 Å². The van der Waals surface area contributed by atoms with E-state index in [2.05, 4.69) is 10.4 Å². The number of amides is 1. The molecule has 1 aliphatic rings. The molecular weight excluding hydrogens is 310 g/mol. The molecule has 0 radical (unpaired) electrons. The zero-order valence-corrected chi connectivity index (χ0v) is 15.2. The Labute approximate surface area is 142 Å². The van der Waals surface area contributed by atoms with Crippen LogP contribution in [0, 0.1) is 5.41 Å². The molecule has 0 aliphatic heterocycles. The molecule has 1 fully saturated rings. The Bertz CT molecular complexity index is 650. The number of rotatable bonds is 6. The van der Waals surface area contributed by atoms with Gasteiger partial charge in [-0.3, -0.25) is 9.48 Å². The summed E-state index contributed by atoms with van der Waals surface area (Å²) >= 11 is 0. The second-order valence-electron chi connectivity index (χ2n) is 7.27. The minimum atomic E-state index is -1.34. The van der Waals surface area contributed by atoms with Gasteiger partial charge in [-0.05, 0) is 18.9 Å². The van der Waals surface area contributed by atoms with Gasteiger partial charge in [0, 0.05) is 25.5 Å². The number of carboxylic acids is 1. The highest BCUT2D eigenvalue weighted by atomic mass is 16.5. The maximum Gasteiger partial charge on any atom is 0.330 e. The van der Waals surface area contributed by atoms with Gasteiger partial charge in [-0.1, -0.05) is 27.7 Å². The molecule has 1 heterocycles. The van der Waals surface area contributed by atoms with Gasteiger partial charge >= 0.3 is 5.97 Å². The van der Waals surface area contributed by atoms with Crippen LogP contribution in [0.5, 0.6) is 0 Å². The molecule has 2 rings (SSSR count). The summed E-state index contributed by atoms with van der Waals surface area (Å²) in [4.78, 5) is 24.6. The molecule has 0 spiro atoms. The number of aromatic nitrogens is 2. The topological polar surface area (TPSA) is 93.5 Å². The SMILES string of the molecule is CCOC1CC(NC(=O)c2cc(C(C)C)nn2C)(C(=O)O)C1(C)C. The van der Waals surface area contributed by atoms with E-state index in [0.29, 0.717) is 12.3 Å². The molecule has 7 nitrogen and oxygen atoms in total. The van der Waals surface area contributed by atoms with Gasteiger partial charge in [0.25, 0.3) is 5.91 Å². The second kappa shape index (κ2) is 6.20. The summed E-state index contributed by atoms with van der Waals surface area (Å²) in [5.41, 5.74) is -0.891. The van der Waals surface area contributed by atoms with E-state index in [9.17, 15) is 14.7 Å². The average Bonchev–Trinajstić information content (AvgIpc) is 2.87. The predicted molar refractivity (Wildman–Crippen MR) is 88.9 cm³/mol. The minimum absolute atomic E-state index is 0.189. The van der Waals surface area contributed by atoms with Crippen LogP contribution in [0.15, 0.2) is 6.07 Å². The van der Waals surface area contributed by atoms with E-state index >= 15 is 0 Å². The lowest BCUT2D eigenvalue weighted by molar-refractivity contribution is -0.190. The van der Waals surface area contributed by atoms with Gasteiger partial charge in [0.2, 0.25) is 0 Å². The van der Waals surface area contributed by atoms with E-state index in [4.69, 9.17) is 4.74 Å².